The summed E-state index contributed by atoms with van der Waals surface area (Å²) in [5, 5.41) is 0. The van der Waals surface area contributed by atoms with E-state index in [1.165, 1.54) is 32.4 Å². The molecule has 4 nitrogen and oxygen atoms in total. The van der Waals surface area contributed by atoms with Crippen molar-refractivity contribution in [2.24, 2.45) is 0 Å². The smallest absolute Gasteiger partial charge is 0.220 e. The number of hydrogen-bond donors (Lipinski definition) is 0. The molecule has 4 rings (SSSR count). The number of ether oxygens (including phenoxy) is 1. The van der Waals surface area contributed by atoms with Crippen LogP contribution in [0.2, 0.25) is 0 Å². The van der Waals surface area contributed by atoms with Crippen molar-refractivity contribution in [1.29, 1.82) is 0 Å². The first-order valence-electron chi connectivity index (χ1n) is 9.86. The molecule has 0 atom stereocenters. The van der Waals surface area contributed by atoms with E-state index in [1.54, 1.807) is 0 Å². The Hall–Kier alpha value is -2.59. The number of rotatable bonds is 7. The second-order valence-corrected chi connectivity index (χ2v) is 7.03. The van der Waals surface area contributed by atoms with E-state index in [4.69, 9.17) is 9.15 Å². The Bertz CT molecular complexity index is 844. The molecule has 1 saturated heterocycles. The molecular weight excluding hydrogens is 336 g/mol. The summed E-state index contributed by atoms with van der Waals surface area (Å²) in [5.74, 6) is 1.54. The van der Waals surface area contributed by atoms with E-state index >= 15 is 0 Å². The van der Waals surface area contributed by atoms with E-state index in [0.29, 0.717) is 5.89 Å². The predicted octanol–water partition coefficient (Wildman–Crippen LogP) is 5.25. The fourth-order valence-corrected chi connectivity index (χ4v) is 3.47. The number of benzene rings is 2. The molecule has 0 spiro atoms. The van der Waals surface area contributed by atoms with Crippen molar-refractivity contribution in [3.63, 3.8) is 0 Å². The van der Waals surface area contributed by atoms with Crippen LogP contribution >= 0.6 is 0 Å². The van der Waals surface area contributed by atoms with Crippen molar-refractivity contribution >= 4 is 23.3 Å². The summed E-state index contributed by atoms with van der Waals surface area (Å²) in [4.78, 5) is 7.00. The van der Waals surface area contributed by atoms with Crippen LogP contribution in [-0.2, 0) is 0 Å². The van der Waals surface area contributed by atoms with Crippen LogP contribution in [0.25, 0.3) is 23.3 Å². The zero-order valence-electron chi connectivity index (χ0n) is 15.6. The van der Waals surface area contributed by atoms with Crippen molar-refractivity contribution in [2.45, 2.75) is 25.7 Å². The third-order valence-electron chi connectivity index (χ3n) is 4.94. The van der Waals surface area contributed by atoms with Crippen LogP contribution in [0.3, 0.4) is 0 Å². The van der Waals surface area contributed by atoms with E-state index < -0.39 is 0 Å². The largest absolute Gasteiger partial charge is 0.494 e. The van der Waals surface area contributed by atoms with E-state index in [1.807, 2.05) is 48.6 Å². The number of fused-ring (bicyclic) bond motifs is 1. The maximum atomic E-state index is 5.87. The summed E-state index contributed by atoms with van der Waals surface area (Å²) >= 11 is 0. The van der Waals surface area contributed by atoms with Crippen LogP contribution in [0.5, 0.6) is 5.75 Å². The highest BCUT2D eigenvalue weighted by Gasteiger charge is 2.09. The number of likely N-dealkylation sites (tertiary alicyclic amines) is 1. The minimum absolute atomic E-state index is 0.620. The second kappa shape index (κ2) is 8.87. The molecule has 0 aliphatic carbocycles. The molecule has 1 aliphatic rings. The molecule has 1 fully saturated rings. The standard InChI is InChI=1S/C23H26N2O2/c1-4-15-25(16-5-1)17-6-18-26-20-12-9-19(10-13-20)11-14-23-24-21-7-2-3-8-22(21)27-23/h2-3,7-14H,1,4-6,15-18H2/b14-11+. The van der Waals surface area contributed by atoms with Gasteiger partial charge in [0.2, 0.25) is 5.89 Å². The summed E-state index contributed by atoms with van der Waals surface area (Å²) in [6.07, 6.45) is 9.07. The maximum absolute atomic E-state index is 5.87. The topological polar surface area (TPSA) is 38.5 Å². The van der Waals surface area contributed by atoms with Crippen molar-refractivity contribution < 1.29 is 9.15 Å². The van der Waals surface area contributed by atoms with Gasteiger partial charge in [-0.25, -0.2) is 4.98 Å². The molecule has 27 heavy (non-hydrogen) atoms. The monoisotopic (exact) mass is 362 g/mol. The Balaban J connectivity index is 1.25. The molecule has 0 N–H and O–H groups in total. The average Bonchev–Trinajstić information content (AvgIpc) is 3.14. The van der Waals surface area contributed by atoms with Gasteiger partial charge in [0.25, 0.3) is 0 Å². The molecule has 3 aromatic rings. The van der Waals surface area contributed by atoms with Crippen LogP contribution in [-0.4, -0.2) is 36.1 Å². The molecule has 140 valence electrons. The summed E-state index contributed by atoms with van der Waals surface area (Å²) in [6.45, 7) is 4.42. The van der Waals surface area contributed by atoms with Gasteiger partial charge in [0, 0.05) is 12.6 Å². The first-order valence-corrected chi connectivity index (χ1v) is 9.86. The Morgan fingerprint density at radius 3 is 2.59 bits per heavy atom. The van der Waals surface area contributed by atoms with Crippen molar-refractivity contribution in [2.75, 3.05) is 26.2 Å². The van der Waals surface area contributed by atoms with Crippen LogP contribution in [0.4, 0.5) is 0 Å². The third-order valence-corrected chi connectivity index (χ3v) is 4.94. The number of piperidine rings is 1. The van der Waals surface area contributed by atoms with Gasteiger partial charge < -0.3 is 14.1 Å². The fraction of sp³-hybridized carbons (Fsp3) is 0.348. The lowest BCUT2D eigenvalue weighted by Gasteiger charge is -2.26. The van der Waals surface area contributed by atoms with Gasteiger partial charge in [-0.05, 0) is 68.3 Å². The SMILES string of the molecule is C(=C\c1nc2ccccc2o1)/c1ccc(OCCCN2CCCCC2)cc1. The minimum atomic E-state index is 0.620. The van der Waals surface area contributed by atoms with E-state index in [0.717, 1.165) is 42.0 Å². The average molecular weight is 362 g/mol. The Kier molecular flexibility index (Phi) is 5.85. The van der Waals surface area contributed by atoms with Gasteiger partial charge in [-0.15, -0.1) is 0 Å². The van der Waals surface area contributed by atoms with Gasteiger partial charge in [0.1, 0.15) is 11.3 Å². The normalized spacial score (nSPS) is 15.6. The van der Waals surface area contributed by atoms with Gasteiger partial charge >= 0.3 is 0 Å². The van der Waals surface area contributed by atoms with Gasteiger partial charge in [0.15, 0.2) is 5.58 Å². The Morgan fingerprint density at radius 2 is 1.78 bits per heavy atom. The number of aromatic nitrogens is 1. The van der Waals surface area contributed by atoms with Gasteiger partial charge in [0.05, 0.1) is 6.61 Å². The summed E-state index contributed by atoms with van der Waals surface area (Å²) in [7, 11) is 0. The number of oxazole rings is 1. The van der Waals surface area contributed by atoms with Gasteiger partial charge in [-0.3, -0.25) is 0 Å². The molecule has 0 radical (unpaired) electrons. The predicted molar refractivity (Wildman–Crippen MR) is 110 cm³/mol. The molecular formula is C23H26N2O2. The lowest BCUT2D eigenvalue weighted by molar-refractivity contribution is 0.205. The zero-order chi connectivity index (χ0) is 18.3. The summed E-state index contributed by atoms with van der Waals surface area (Å²) < 4.78 is 11.6. The molecule has 0 bridgehead atoms. The molecule has 2 aromatic carbocycles. The summed E-state index contributed by atoms with van der Waals surface area (Å²) in [5.41, 5.74) is 2.79. The Morgan fingerprint density at radius 1 is 0.963 bits per heavy atom. The van der Waals surface area contributed by atoms with Crippen LogP contribution in [0.15, 0.2) is 52.9 Å². The lowest BCUT2D eigenvalue weighted by atomic mass is 10.1. The molecule has 4 heteroatoms. The third kappa shape index (κ3) is 4.98. The highest BCUT2D eigenvalue weighted by molar-refractivity contribution is 5.75. The molecule has 0 amide bonds. The van der Waals surface area contributed by atoms with Crippen molar-refractivity contribution in [3.05, 3.63) is 60.0 Å². The lowest BCUT2D eigenvalue weighted by Crippen LogP contribution is -2.31. The maximum Gasteiger partial charge on any atom is 0.220 e. The highest BCUT2D eigenvalue weighted by atomic mass is 16.5. The molecule has 1 aromatic heterocycles. The number of nitrogens with zero attached hydrogens (tertiary/aromatic N) is 2. The van der Waals surface area contributed by atoms with Crippen molar-refractivity contribution in [3.8, 4) is 5.75 Å². The first kappa shape index (κ1) is 17.8. The van der Waals surface area contributed by atoms with Crippen LogP contribution < -0.4 is 4.74 Å². The fourth-order valence-electron chi connectivity index (χ4n) is 3.47. The van der Waals surface area contributed by atoms with Crippen LogP contribution in [0, 0.1) is 0 Å². The molecule has 0 unspecified atom stereocenters. The van der Waals surface area contributed by atoms with Crippen LogP contribution in [0.1, 0.15) is 37.1 Å². The first-order chi connectivity index (χ1) is 13.4. The molecule has 1 aliphatic heterocycles. The molecule has 2 heterocycles. The van der Waals surface area contributed by atoms with Gasteiger partial charge in [-0.2, -0.15) is 0 Å². The van der Waals surface area contributed by atoms with E-state index in [9.17, 15) is 0 Å². The number of para-hydroxylation sites is 2. The Labute approximate surface area is 160 Å². The second-order valence-electron chi connectivity index (χ2n) is 7.03. The quantitative estimate of drug-likeness (QED) is 0.538. The number of hydrogen-bond acceptors (Lipinski definition) is 4. The zero-order valence-corrected chi connectivity index (χ0v) is 15.6. The van der Waals surface area contributed by atoms with E-state index in [-0.39, 0.29) is 0 Å². The highest BCUT2D eigenvalue weighted by Crippen LogP contribution is 2.18. The minimum Gasteiger partial charge on any atom is -0.494 e. The van der Waals surface area contributed by atoms with Gasteiger partial charge in [-0.1, -0.05) is 30.7 Å². The summed E-state index contributed by atoms with van der Waals surface area (Å²) in [6, 6.07) is 15.9. The molecule has 0 saturated carbocycles. The van der Waals surface area contributed by atoms with Crippen molar-refractivity contribution in [1.82, 2.24) is 9.88 Å². The van der Waals surface area contributed by atoms with E-state index in [2.05, 4.69) is 22.0 Å².